The first-order chi connectivity index (χ1) is 12.2. The van der Waals surface area contributed by atoms with Gasteiger partial charge in [0.15, 0.2) is 5.96 Å². The van der Waals surface area contributed by atoms with Gasteiger partial charge in [0.05, 0.1) is 18.2 Å². The first kappa shape index (κ1) is 22.3. The quantitative estimate of drug-likeness (QED) is 0.267. The number of halogens is 1. The van der Waals surface area contributed by atoms with E-state index in [4.69, 9.17) is 5.26 Å². The third kappa shape index (κ3) is 8.11. The van der Waals surface area contributed by atoms with Gasteiger partial charge in [0.25, 0.3) is 0 Å². The Labute approximate surface area is 177 Å². The fraction of sp³-hybridized carbons (Fsp3) is 0.300. The molecule has 0 heterocycles. The van der Waals surface area contributed by atoms with Crippen molar-refractivity contribution < 1.29 is 0 Å². The number of rotatable bonds is 7. The predicted octanol–water partition coefficient (Wildman–Crippen LogP) is 4.41. The molecule has 0 bridgehead atoms. The molecule has 6 heteroatoms. The smallest absolute Gasteiger partial charge is 0.191 e. The van der Waals surface area contributed by atoms with Crippen molar-refractivity contribution in [2.45, 2.75) is 30.5 Å². The zero-order chi connectivity index (χ0) is 17.9. The molecule has 0 spiro atoms. The normalized spacial score (nSPS) is 11.8. The van der Waals surface area contributed by atoms with Crippen LogP contribution in [0.4, 0.5) is 0 Å². The van der Waals surface area contributed by atoms with E-state index in [0.717, 1.165) is 24.6 Å². The molecule has 0 amide bonds. The average Bonchev–Trinajstić information content (AvgIpc) is 2.65. The molecule has 0 fully saturated rings. The van der Waals surface area contributed by atoms with E-state index in [2.05, 4.69) is 59.8 Å². The highest BCUT2D eigenvalue weighted by molar-refractivity contribution is 14.0. The zero-order valence-electron chi connectivity index (χ0n) is 15.1. The van der Waals surface area contributed by atoms with Crippen LogP contribution in [0.25, 0.3) is 0 Å². The molecule has 1 atom stereocenters. The van der Waals surface area contributed by atoms with Crippen LogP contribution in [0.5, 0.6) is 0 Å². The summed E-state index contributed by atoms with van der Waals surface area (Å²) in [6, 6.07) is 20.1. The molecular weight excluding hydrogens is 455 g/mol. The topological polar surface area (TPSA) is 60.2 Å². The predicted molar refractivity (Wildman–Crippen MR) is 121 cm³/mol. The Hall–Kier alpha value is -1.72. The van der Waals surface area contributed by atoms with Gasteiger partial charge in [-0.2, -0.15) is 5.26 Å². The fourth-order valence-electron chi connectivity index (χ4n) is 2.26. The van der Waals surface area contributed by atoms with Crippen LogP contribution in [0.2, 0.25) is 0 Å². The van der Waals surface area contributed by atoms with Crippen molar-refractivity contribution in [2.24, 2.45) is 4.99 Å². The molecule has 0 saturated heterocycles. The number of benzene rings is 2. The molecule has 1 unspecified atom stereocenters. The Balaban J connectivity index is 0.00000338. The molecule has 138 valence electrons. The Kier molecular flexibility index (Phi) is 10.8. The third-order valence-electron chi connectivity index (χ3n) is 3.46. The monoisotopic (exact) mass is 480 g/mol. The molecule has 4 nitrogen and oxygen atoms in total. The molecule has 26 heavy (non-hydrogen) atoms. The van der Waals surface area contributed by atoms with Crippen LogP contribution in [-0.2, 0) is 6.54 Å². The Morgan fingerprint density at radius 1 is 1.15 bits per heavy atom. The maximum absolute atomic E-state index is 8.98. The van der Waals surface area contributed by atoms with E-state index in [0.29, 0.717) is 17.4 Å². The van der Waals surface area contributed by atoms with Crippen molar-refractivity contribution >= 4 is 41.7 Å². The molecule has 2 aromatic rings. The molecule has 2 aromatic carbocycles. The molecule has 2 N–H and O–H groups in total. The van der Waals surface area contributed by atoms with Crippen LogP contribution in [-0.4, -0.2) is 24.3 Å². The van der Waals surface area contributed by atoms with Gasteiger partial charge in [0, 0.05) is 23.2 Å². The summed E-state index contributed by atoms with van der Waals surface area (Å²) in [6.07, 6.45) is 0. The van der Waals surface area contributed by atoms with Crippen LogP contribution >= 0.6 is 35.7 Å². The summed E-state index contributed by atoms with van der Waals surface area (Å²) in [6.45, 7) is 6.43. The van der Waals surface area contributed by atoms with Gasteiger partial charge >= 0.3 is 0 Å². The maximum Gasteiger partial charge on any atom is 0.191 e. The van der Waals surface area contributed by atoms with Crippen LogP contribution in [0, 0.1) is 11.3 Å². The minimum absolute atomic E-state index is 0. The maximum atomic E-state index is 8.98. The van der Waals surface area contributed by atoms with E-state index in [1.807, 2.05) is 36.0 Å². The second kappa shape index (κ2) is 12.6. The van der Waals surface area contributed by atoms with E-state index in [1.165, 1.54) is 4.90 Å². The summed E-state index contributed by atoms with van der Waals surface area (Å²) in [5.41, 5.74) is 1.70. The fourth-order valence-corrected chi connectivity index (χ4v) is 3.21. The average molecular weight is 480 g/mol. The Morgan fingerprint density at radius 2 is 1.92 bits per heavy atom. The van der Waals surface area contributed by atoms with Crippen molar-refractivity contribution in [3.05, 3.63) is 65.7 Å². The summed E-state index contributed by atoms with van der Waals surface area (Å²) in [7, 11) is 0. The number of thioether (sulfide) groups is 1. The lowest BCUT2D eigenvalue weighted by molar-refractivity contribution is 0.794. The summed E-state index contributed by atoms with van der Waals surface area (Å²) in [5.74, 6) is 0.797. The third-order valence-corrected chi connectivity index (χ3v) is 4.57. The number of guanidine groups is 1. The van der Waals surface area contributed by atoms with Crippen molar-refractivity contribution in [3.8, 4) is 6.07 Å². The van der Waals surface area contributed by atoms with E-state index < -0.39 is 0 Å². The van der Waals surface area contributed by atoms with Gasteiger partial charge in [0.1, 0.15) is 0 Å². The molecule has 0 radical (unpaired) electrons. The largest absolute Gasteiger partial charge is 0.357 e. The van der Waals surface area contributed by atoms with Crippen LogP contribution in [0.15, 0.2) is 64.5 Å². The minimum atomic E-state index is 0. The SMILES string of the molecule is CCNC(=NCc1cccc(C#N)c1)NCC(C)Sc1ccccc1.I. The van der Waals surface area contributed by atoms with Gasteiger partial charge in [-0.25, -0.2) is 4.99 Å². The lowest BCUT2D eigenvalue weighted by Crippen LogP contribution is -2.40. The molecule has 2 rings (SSSR count). The van der Waals surface area contributed by atoms with Gasteiger partial charge in [-0.1, -0.05) is 37.3 Å². The van der Waals surface area contributed by atoms with Crippen molar-refractivity contribution in [2.75, 3.05) is 13.1 Å². The minimum Gasteiger partial charge on any atom is -0.357 e. The zero-order valence-corrected chi connectivity index (χ0v) is 18.3. The van der Waals surface area contributed by atoms with Gasteiger partial charge in [-0.15, -0.1) is 35.7 Å². The van der Waals surface area contributed by atoms with E-state index in [-0.39, 0.29) is 24.0 Å². The lowest BCUT2D eigenvalue weighted by Gasteiger charge is -2.15. The highest BCUT2D eigenvalue weighted by Gasteiger charge is 2.06. The van der Waals surface area contributed by atoms with E-state index in [1.54, 1.807) is 6.07 Å². The molecule has 0 aliphatic rings. The van der Waals surface area contributed by atoms with Crippen LogP contribution in [0.1, 0.15) is 25.0 Å². The van der Waals surface area contributed by atoms with Crippen LogP contribution in [0.3, 0.4) is 0 Å². The number of hydrogen-bond donors (Lipinski definition) is 2. The van der Waals surface area contributed by atoms with Gasteiger partial charge in [-0.3, -0.25) is 0 Å². The second-order valence-electron chi connectivity index (χ2n) is 5.63. The molecule has 0 aliphatic carbocycles. The first-order valence-electron chi connectivity index (χ1n) is 8.44. The molecule has 0 aliphatic heterocycles. The summed E-state index contributed by atoms with van der Waals surface area (Å²) in [5, 5.41) is 16.1. The second-order valence-corrected chi connectivity index (χ2v) is 7.14. The standard InChI is InChI=1S/C20H24N4S.HI/c1-3-22-20(24-15-18-9-7-8-17(12-18)13-21)23-14-16(2)25-19-10-5-4-6-11-19;/h4-12,16H,3,14-15H2,1-2H3,(H2,22,23,24);1H. The summed E-state index contributed by atoms with van der Waals surface area (Å²) in [4.78, 5) is 5.88. The first-order valence-corrected chi connectivity index (χ1v) is 9.32. The highest BCUT2D eigenvalue weighted by atomic mass is 127. The molecular formula is C20H25IN4S. The van der Waals surface area contributed by atoms with E-state index >= 15 is 0 Å². The van der Waals surface area contributed by atoms with Crippen molar-refractivity contribution in [1.29, 1.82) is 5.26 Å². The van der Waals surface area contributed by atoms with Gasteiger partial charge in [-0.05, 0) is 36.8 Å². The Morgan fingerprint density at radius 3 is 2.62 bits per heavy atom. The number of nitrogens with zero attached hydrogens (tertiary/aromatic N) is 2. The lowest BCUT2D eigenvalue weighted by atomic mass is 10.1. The number of aliphatic imine (C=N–C) groups is 1. The van der Waals surface area contributed by atoms with Crippen molar-refractivity contribution in [3.63, 3.8) is 0 Å². The summed E-state index contributed by atoms with van der Waals surface area (Å²) < 4.78 is 0. The number of hydrogen-bond acceptors (Lipinski definition) is 3. The summed E-state index contributed by atoms with van der Waals surface area (Å²) >= 11 is 1.84. The number of nitrogens with one attached hydrogen (secondary N) is 2. The molecule has 0 saturated carbocycles. The molecule has 0 aromatic heterocycles. The van der Waals surface area contributed by atoms with Gasteiger partial charge in [0.2, 0.25) is 0 Å². The van der Waals surface area contributed by atoms with Crippen LogP contribution < -0.4 is 10.6 Å². The number of nitriles is 1. The van der Waals surface area contributed by atoms with Gasteiger partial charge < -0.3 is 10.6 Å². The highest BCUT2D eigenvalue weighted by Crippen LogP contribution is 2.21. The van der Waals surface area contributed by atoms with Crippen molar-refractivity contribution in [1.82, 2.24) is 10.6 Å². The van der Waals surface area contributed by atoms with E-state index in [9.17, 15) is 0 Å². The Bertz CT molecular complexity index is 728.